The average Bonchev–Trinajstić information content (AvgIpc) is 3.03. The summed E-state index contributed by atoms with van der Waals surface area (Å²) in [4.78, 5) is 27.4. The van der Waals surface area contributed by atoms with Gasteiger partial charge in [-0.3, -0.25) is 9.59 Å². The van der Waals surface area contributed by atoms with Gasteiger partial charge in [-0.2, -0.15) is 0 Å². The van der Waals surface area contributed by atoms with Gasteiger partial charge in [0, 0.05) is 12.1 Å². The first-order valence-electron chi connectivity index (χ1n) is 10.7. The zero-order valence-corrected chi connectivity index (χ0v) is 17.7. The fourth-order valence-electron chi connectivity index (χ4n) is 3.99. The first kappa shape index (κ1) is 21.5. The molecule has 0 saturated heterocycles. The second-order valence-electron chi connectivity index (χ2n) is 7.84. The van der Waals surface area contributed by atoms with Crippen molar-refractivity contribution in [1.29, 1.82) is 0 Å². The number of amides is 1. The van der Waals surface area contributed by atoms with Gasteiger partial charge in [-0.25, -0.2) is 0 Å². The molecule has 32 heavy (non-hydrogen) atoms. The lowest BCUT2D eigenvalue weighted by Gasteiger charge is -2.22. The van der Waals surface area contributed by atoms with Gasteiger partial charge in [0.1, 0.15) is 0 Å². The average molecular weight is 424 g/mol. The Morgan fingerprint density at radius 3 is 2.28 bits per heavy atom. The van der Waals surface area contributed by atoms with Crippen molar-refractivity contribution in [3.05, 3.63) is 120 Å². The second-order valence-corrected chi connectivity index (χ2v) is 7.84. The van der Waals surface area contributed by atoms with Crippen LogP contribution in [0.5, 0.6) is 0 Å². The summed E-state index contributed by atoms with van der Waals surface area (Å²) < 4.78 is 0. The fourth-order valence-corrected chi connectivity index (χ4v) is 3.99. The van der Waals surface area contributed by atoms with Gasteiger partial charge in [-0.15, -0.1) is 0 Å². The Morgan fingerprint density at radius 2 is 1.53 bits per heavy atom. The number of hydrogen-bond acceptors (Lipinski definition) is 3. The summed E-state index contributed by atoms with van der Waals surface area (Å²) >= 11 is 0. The third kappa shape index (κ3) is 4.61. The maximum atomic E-state index is 13.2. The lowest BCUT2D eigenvalue weighted by molar-refractivity contribution is -0.140. The summed E-state index contributed by atoms with van der Waals surface area (Å²) in [5.41, 5.74) is 1.43. The van der Waals surface area contributed by atoms with Crippen molar-refractivity contribution in [3.8, 4) is 0 Å². The standard InChI is InChI=1S/C28H25NO3/c30-24(16-8-7-15-22-11-3-1-4-12-22)21-28(32)25-17-9-10-18-26(25)29(27(28)31)20-19-23-13-5-2-6-14-23/h1-18,32H,19-21H2/b15-7+,16-8+. The molecule has 1 N–H and O–H groups in total. The molecule has 0 aromatic heterocycles. The zero-order valence-electron chi connectivity index (χ0n) is 17.7. The quantitative estimate of drug-likeness (QED) is 0.422. The number of fused-ring (bicyclic) bond motifs is 1. The van der Waals surface area contributed by atoms with Crippen LogP contribution >= 0.6 is 0 Å². The molecule has 4 rings (SSSR count). The highest BCUT2D eigenvalue weighted by atomic mass is 16.3. The lowest BCUT2D eigenvalue weighted by Crippen LogP contribution is -2.42. The Balaban J connectivity index is 1.47. The van der Waals surface area contributed by atoms with Gasteiger partial charge >= 0.3 is 0 Å². The van der Waals surface area contributed by atoms with Crippen molar-refractivity contribution in [3.63, 3.8) is 0 Å². The Hall–Kier alpha value is -3.76. The molecule has 1 amide bonds. The minimum atomic E-state index is -1.85. The van der Waals surface area contributed by atoms with Crippen LogP contribution in [0.4, 0.5) is 5.69 Å². The summed E-state index contributed by atoms with van der Waals surface area (Å²) in [6.07, 6.45) is 7.07. The number of rotatable bonds is 8. The Bertz CT molecular complexity index is 1150. The van der Waals surface area contributed by atoms with E-state index >= 15 is 0 Å². The number of para-hydroxylation sites is 1. The maximum absolute atomic E-state index is 13.2. The van der Waals surface area contributed by atoms with Crippen molar-refractivity contribution in [2.45, 2.75) is 18.4 Å². The lowest BCUT2D eigenvalue weighted by atomic mass is 9.90. The van der Waals surface area contributed by atoms with E-state index in [9.17, 15) is 14.7 Å². The molecule has 1 unspecified atom stereocenters. The SMILES string of the molecule is O=C(/C=C/C=C/c1ccccc1)CC1(O)C(=O)N(CCc2ccccc2)c2ccccc21. The normalized spacial score (nSPS) is 17.9. The van der Waals surface area contributed by atoms with Gasteiger partial charge in [0.2, 0.25) is 0 Å². The molecule has 4 heteroatoms. The molecule has 0 fully saturated rings. The first-order valence-corrected chi connectivity index (χ1v) is 10.7. The molecule has 0 aliphatic carbocycles. The molecule has 0 saturated carbocycles. The molecule has 1 heterocycles. The smallest absolute Gasteiger partial charge is 0.264 e. The van der Waals surface area contributed by atoms with Crippen LogP contribution in [0, 0.1) is 0 Å². The number of anilines is 1. The number of benzene rings is 3. The van der Waals surface area contributed by atoms with E-state index in [-0.39, 0.29) is 12.2 Å². The van der Waals surface area contributed by atoms with Gasteiger partial charge < -0.3 is 10.0 Å². The van der Waals surface area contributed by atoms with Crippen molar-refractivity contribution in [2.24, 2.45) is 0 Å². The summed E-state index contributed by atoms with van der Waals surface area (Å²) in [6.45, 7) is 0.437. The van der Waals surface area contributed by atoms with E-state index in [1.54, 1.807) is 29.2 Å². The number of allylic oxidation sites excluding steroid dienone is 3. The number of hydrogen-bond donors (Lipinski definition) is 1. The predicted molar refractivity (Wildman–Crippen MR) is 127 cm³/mol. The van der Waals surface area contributed by atoms with Crippen LogP contribution in [-0.2, 0) is 21.6 Å². The van der Waals surface area contributed by atoms with Gasteiger partial charge in [0.15, 0.2) is 11.4 Å². The van der Waals surface area contributed by atoms with Crippen molar-refractivity contribution < 1.29 is 14.7 Å². The molecule has 0 radical (unpaired) electrons. The van der Waals surface area contributed by atoms with E-state index in [0.717, 1.165) is 11.1 Å². The molecule has 0 bridgehead atoms. The number of carbonyl (C=O) groups is 2. The van der Waals surface area contributed by atoms with Gasteiger partial charge in [0.05, 0.1) is 12.1 Å². The Morgan fingerprint density at radius 1 is 0.875 bits per heavy atom. The van der Waals surface area contributed by atoms with E-state index < -0.39 is 11.5 Å². The van der Waals surface area contributed by atoms with Crippen LogP contribution in [0.1, 0.15) is 23.1 Å². The van der Waals surface area contributed by atoms with Crippen molar-refractivity contribution in [2.75, 3.05) is 11.4 Å². The summed E-state index contributed by atoms with van der Waals surface area (Å²) in [6, 6.07) is 26.8. The van der Waals surface area contributed by atoms with Crippen molar-refractivity contribution >= 4 is 23.5 Å². The monoisotopic (exact) mass is 423 g/mol. The van der Waals surface area contributed by atoms with Gasteiger partial charge in [-0.05, 0) is 29.7 Å². The molecule has 3 aromatic carbocycles. The van der Waals surface area contributed by atoms with Crippen LogP contribution in [0.2, 0.25) is 0 Å². The van der Waals surface area contributed by atoms with E-state index in [2.05, 4.69) is 0 Å². The highest BCUT2D eigenvalue weighted by Crippen LogP contribution is 2.42. The molecular formula is C28H25NO3. The molecule has 160 valence electrons. The minimum Gasteiger partial charge on any atom is -0.375 e. The minimum absolute atomic E-state index is 0.291. The Labute approximate surface area is 188 Å². The number of ketones is 1. The van der Waals surface area contributed by atoms with E-state index in [4.69, 9.17) is 0 Å². The Kier molecular flexibility index (Phi) is 6.43. The number of aliphatic hydroxyl groups is 1. The fraction of sp³-hybridized carbons (Fsp3) is 0.143. The molecule has 1 aliphatic rings. The van der Waals surface area contributed by atoms with Crippen molar-refractivity contribution in [1.82, 2.24) is 0 Å². The second kappa shape index (κ2) is 9.58. The highest BCUT2D eigenvalue weighted by Gasteiger charge is 2.50. The topological polar surface area (TPSA) is 57.6 Å². The van der Waals surface area contributed by atoms with Gasteiger partial charge in [0.25, 0.3) is 5.91 Å². The zero-order chi connectivity index (χ0) is 22.4. The molecule has 4 nitrogen and oxygen atoms in total. The molecule has 0 spiro atoms. The molecule has 3 aromatic rings. The summed E-state index contributed by atoms with van der Waals surface area (Å²) in [5.74, 6) is -0.755. The highest BCUT2D eigenvalue weighted by molar-refractivity contribution is 6.09. The summed E-state index contributed by atoms with van der Waals surface area (Å²) in [5, 5.41) is 11.3. The van der Waals surface area contributed by atoms with E-state index in [1.165, 1.54) is 6.08 Å². The van der Waals surface area contributed by atoms with Crippen LogP contribution in [0.15, 0.2) is 103 Å². The third-order valence-corrected chi connectivity index (χ3v) is 5.62. The largest absolute Gasteiger partial charge is 0.375 e. The number of carbonyl (C=O) groups excluding carboxylic acids is 2. The maximum Gasteiger partial charge on any atom is 0.264 e. The van der Waals surface area contributed by atoms with Crippen LogP contribution < -0.4 is 4.90 Å². The molecule has 1 atom stereocenters. The van der Waals surface area contributed by atoms with E-state index in [1.807, 2.05) is 78.9 Å². The first-order chi connectivity index (χ1) is 15.6. The number of nitrogens with zero attached hydrogens (tertiary/aromatic N) is 1. The third-order valence-electron chi connectivity index (χ3n) is 5.62. The molecule has 1 aliphatic heterocycles. The predicted octanol–water partition coefficient (Wildman–Crippen LogP) is 4.69. The molecular weight excluding hydrogens is 398 g/mol. The van der Waals surface area contributed by atoms with Crippen LogP contribution in [-0.4, -0.2) is 23.3 Å². The van der Waals surface area contributed by atoms with Crippen LogP contribution in [0.3, 0.4) is 0 Å². The van der Waals surface area contributed by atoms with E-state index in [0.29, 0.717) is 24.2 Å². The van der Waals surface area contributed by atoms with Gasteiger partial charge in [-0.1, -0.05) is 97.1 Å². The van der Waals surface area contributed by atoms with Crippen LogP contribution in [0.25, 0.3) is 6.08 Å². The summed E-state index contributed by atoms with van der Waals surface area (Å²) in [7, 11) is 0.